The molecule has 0 bridgehead atoms. The van der Waals surface area contributed by atoms with Gasteiger partial charge in [0.1, 0.15) is 5.69 Å². The fourth-order valence-electron chi connectivity index (χ4n) is 2.13. The molecule has 0 atom stereocenters. The van der Waals surface area contributed by atoms with Crippen molar-refractivity contribution in [1.82, 2.24) is 5.16 Å². The van der Waals surface area contributed by atoms with Gasteiger partial charge in [-0.25, -0.2) is 0 Å². The molecule has 0 radical (unpaired) electrons. The molecule has 0 saturated heterocycles. The third-order valence-corrected chi connectivity index (χ3v) is 3.39. The molecular weight excluding hydrogens is 272 g/mol. The van der Waals surface area contributed by atoms with Crippen LogP contribution in [0, 0.1) is 6.92 Å². The molecule has 0 aliphatic heterocycles. The van der Waals surface area contributed by atoms with Gasteiger partial charge in [0, 0.05) is 10.6 Å². The Labute approximate surface area is 122 Å². The average molecular weight is 285 g/mol. The first-order valence-corrected chi connectivity index (χ1v) is 6.61. The number of aromatic nitrogens is 1. The van der Waals surface area contributed by atoms with E-state index >= 15 is 0 Å². The van der Waals surface area contributed by atoms with E-state index < -0.39 is 0 Å². The molecule has 20 heavy (non-hydrogen) atoms. The number of anilines is 1. The Kier molecular flexibility index (Phi) is 3.20. The Balaban J connectivity index is 2.17. The van der Waals surface area contributed by atoms with Crippen LogP contribution in [0.5, 0.6) is 0 Å². The molecule has 3 rings (SSSR count). The Hall–Kier alpha value is -2.26. The van der Waals surface area contributed by atoms with Crippen LogP contribution in [0.2, 0.25) is 5.02 Å². The van der Waals surface area contributed by atoms with Gasteiger partial charge in [0.25, 0.3) is 0 Å². The highest BCUT2D eigenvalue weighted by Crippen LogP contribution is 2.36. The number of benzene rings is 2. The largest absolute Gasteiger partial charge is 0.367 e. The second-order valence-electron chi connectivity index (χ2n) is 4.65. The highest BCUT2D eigenvalue weighted by molar-refractivity contribution is 6.30. The van der Waals surface area contributed by atoms with Crippen molar-refractivity contribution in [3.63, 3.8) is 0 Å². The van der Waals surface area contributed by atoms with E-state index in [-0.39, 0.29) is 0 Å². The summed E-state index contributed by atoms with van der Waals surface area (Å²) >= 11 is 6.04. The summed E-state index contributed by atoms with van der Waals surface area (Å²) in [6.07, 6.45) is 0. The Morgan fingerprint density at radius 3 is 2.50 bits per heavy atom. The minimum absolute atomic E-state index is 0.294. The number of nitrogens with zero attached hydrogens (tertiary/aromatic N) is 1. The van der Waals surface area contributed by atoms with Crippen molar-refractivity contribution >= 4 is 17.5 Å². The molecule has 0 amide bonds. The van der Waals surface area contributed by atoms with Crippen LogP contribution in [0.25, 0.3) is 22.4 Å². The lowest BCUT2D eigenvalue weighted by Crippen LogP contribution is -1.88. The van der Waals surface area contributed by atoms with Crippen molar-refractivity contribution in [2.24, 2.45) is 0 Å². The second kappa shape index (κ2) is 5.02. The first kappa shape index (κ1) is 12.8. The number of hydrogen-bond donors (Lipinski definition) is 1. The monoisotopic (exact) mass is 284 g/mol. The fourth-order valence-corrected chi connectivity index (χ4v) is 2.32. The maximum atomic E-state index is 6.04. The number of nitrogens with two attached hydrogens (primary N) is 1. The molecule has 0 unspecified atom stereocenters. The minimum Gasteiger partial charge on any atom is -0.367 e. The SMILES string of the molecule is Cc1ccc(-c2noc(N)c2-c2cccc(Cl)c2)cc1. The number of hydrogen-bond acceptors (Lipinski definition) is 3. The van der Waals surface area contributed by atoms with Gasteiger partial charge in [-0.15, -0.1) is 0 Å². The summed E-state index contributed by atoms with van der Waals surface area (Å²) in [5, 5.41) is 4.73. The first-order valence-electron chi connectivity index (χ1n) is 6.23. The zero-order valence-corrected chi connectivity index (χ0v) is 11.7. The molecule has 0 aliphatic rings. The van der Waals surface area contributed by atoms with Gasteiger partial charge >= 0.3 is 0 Å². The molecule has 3 nitrogen and oxygen atoms in total. The van der Waals surface area contributed by atoms with Crippen LogP contribution in [0.1, 0.15) is 5.56 Å². The zero-order valence-electron chi connectivity index (χ0n) is 10.9. The standard InChI is InChI=1S/C16H13ClN2O/c1-10-5-7-11(8-6-10)15-14(16(18)20-19-15)12-3-2-4-13(17)9-12/h2-9H,18H2,1H3. The summed E-state index contributed by atoms with van der Waals surface area (Å²) in [5.41, 5.74) is 10.5. The molecule has 4 heteroatoms. The topological polar surface area (TPSA) is 52.0 Å². The van der Waals surface area contributed by atoms with Crippen LogP contribution in [-0.2, 0) is 0 Å². The summed E-state index contributed by atoms with van der Waals surface area (Å²) in [6, 6.07) is 15.5. The quantitative estimate of drug-likeness (QED) is 0.751. The van der Waals surface area contributed by atoms with Crippen molar-refractivity contribution in [2.75, 3.05) is 5.73 Å². The van der Waals surface area contributed by atoms with Gasteiger partial charge in [-0.1, -0.05) is 58.7 Å². The number of halogens is 1. The lowest BCUT2D eigenvalue weighted by Gasteiger charge is -2.04. The van der Waals surface area contributed by atoms with Gasteiger partial charge in [0.15, 0.2) is 0 Å². The summed E-state index contributed by atoms with van der Waals surface area (Å²) < 4.78 is 5.16. The predicted molar refractivity (Wildman–Crippen MR) is 81.5 cm³/mol. The molecule has 0 spiro atoms. The van der Waals surface area contributed by atoms with Crippen LogP contribution in [0.4, 0.5) is 5.88 Å². The molecule has 0 saturated carbocycles. The minimum atomic E-state index is 0.294. The lowest BCUT2D eigenvalue weighted by atomic mass is 10.0. The van der Waals surface area contributed by atoms with E-state index in [0.29, 0.717) is 10.9 Å². The third-order valence-electron chi connectivity index (χ3n) is 3.16. The fraction of sp³-hybridized carbons (Fsp3) is 0.0625. The molecular formula is C16H13ClN2O. The smallest absolute Gasteiger partial charge is 0.230 e. The molecule has 0 fully saturated rings. The van der Waals surface area contributed by atoms with E-state index in [9.17, 15) is 0 Å². The molecule has 2 N–H and O–H groups in total. The summed E-state index contributed by atoms with van der Waals surface area (Å²) in [5.74, 6) is 0.294. The van der Waals surface area contributed by atoms with Gasteiger partial charge < -0.3 is 10.3 Å². The van der Waals surface area contributed by atoms with E-state index in [0.717, 1.165) is 22.4 Å². The molecule has 100 valence electrons. The van der Waals surface area contributed by atoms with Crippen molar-refractivity contribution in [2.45, 2.75) is 6.92 Å². The van der Waals surface area contributed by atoms with E-state index in [1.807, 2.05) is 55.5 Å². The summed E-state index contributed by atoms with van der Waals surface area (Å²) in [4.78, 5) is 0. The number of aryl methyl sites for hydroxylation is 1. The molecule has 2 aromatic carbocycles. The van der Waals surface area contributed by atoms with E-state index in [1.165, 1.54) is 5.56 Å². The lowest BCUT2D eigenvalue weighted by molar-refractivity contribution is 0.439. The van der Waals surface area contributed by atoms with Crippen molar-refractivity contribution in [3.8, 4) is 22.4 Å². The molecule has 1 heterocycles. The van der Waals surface area contributed by atoms with Crippen LogP contribution < -0.4 is 5.73 Å². The average Bonchev–Trinajstić information content (AvgIpc) is 2.81. The third kappa shape index (κ3) is 2.28. The van der Waals surface area contributed by atoms with Crippen LogP contribution in [-0.4, -0.2) is 5.16 Å². The van der Waals surface area contributed by atoms with Gasteiger partial charge in [-0.3, -0.25) is 0 Å². The van der Waals surface area contributed by atoms with Crippen LogP contribution >= 0.6 is 11.6 Å². The maximum Gasteiger partial charge on any atom is 0.230 e. The predicted octanol–water partition coefficient (Wildman–Crippen LogP) is 4.55. The summed E-state index contributed by atoms with van der Waals surface area (Å²) in [6.45, 7) is 2.04. The van der Waals surface area contributed by atoms with E-state index in [4.69, 9.17) is 21.9 Å². The molecule has 0 aliphatic carbocycles. The van der Waals surface area contributed by atoms with Gasteiger partial charge in [0.2, 0.25) is 5.88 Å². The zero-order chi connectivity index (χ0) is 14.1. The number of rotatable bonds is 2. The van der Waals surface area contributed by atoms with E-state index in [1.54, 1.807) is 0 Å². The normalized spacial score (nSPS) is 10.7. The first-order chi connectivity index (χ1) is 9.65. The second-order valence-corrected chi connectivity index (χ2v) is 5.08. The van der Waals surface area contributed by atoms with Crippen molar-refractivity contribution < 1.29 is 4.52 Å². The highest BCUT2D eigenvalue weighted by atomic mass is 35.5. The van der Waals surface area contributed by atoms with Gasteiger partial charge in [-0.05, 0) is 24.6 Å². The molecule has 3 aromatic rings. The van der Waals surface area contributed by atoms with Crippen LogP contribution in [0.3, 0.4) is 0 Å². The maximum absolute atomic E-state index is 6.04. The highest BCUT2D eigenvalue weighted by Gasteiger charge is 2.17. The molecule has 1 aromatic heterocycles. The van der Waals surface area contributed by atoms with Gasteiger partial charge in [-0.2, -0.15) is 0 Å². The van der Waals surface area contributed by atoms with E-state index in [2.05, 4.69) is 5.16 Å². The number of nitrogen functional groups attached to an aromatic ring is 1. The van der Waals surface area contributed by atoms with Crippen molar-refractivity contribution in [1.29, 1.82) is 0 Å². The summed E-state index contributed by atoms with van der Waals surface area (Å²) in [7, 11) is 0. The van der Waals surface area contributed by atoms with Crippen LogP contribution in [0.15, 0.2) is 53.1 Å². The van der Waals surface area contributed by atoms with Crippen molar-refractivity contribution in [3.05, 3.63) is 59.1 Å². The Morgan fingerprint density at radius 1 is 1.05 bits per heavy atom. The van der Waals surface area contributed by atoms with Gasteiger partial charge in [0.05, 0.1) is 5.56 Å². The Morgan fingerprint density at radius 2 is 1.80 bits per heavy atom. The Bertz CT molecular complexity index is 747.